The second kappa shape index (κ2) is 16.0. The fourth-order valence-corrected chi connectivity index (χ4v) is 8.41. The van der Waals surface area contributed by atoms with Crippen LogP contribution in [0.1, 0.15) is 162 Å². The molecule has 5 rings (SSSR count). The molecule has 1 heterocycles. The molecular formula is C42H64N4O4. The van der Waals surface area contributed by atoms with Crippen LogP contribution in [0.3, 0.4) is 0 Å². The SMILES string of the molecule is CCC(C)(C)C(=O)N=C1C=C(N(CCCCC2CCCC2)CCCCC2CCCC2)CCC1=C1C(=O)C(c2c(C)[nH]n(C(C)(C)C)c2=O)=C1O. The Balaban J connectivity index is 1.45. The highest BCUT2D eigenvalue weighted by atomic mass is 16.3. The summed E-state index contributed by atoms with van der Waals surface area (Å²) in [6.45, 7) is 15.2. The summed E-state index contributed by atoms with van der Waals surface area (Å²) in [7, 11) is 0. The Hall–Kier alpha value is -3.16. The number of nitrogens with one attached hydrogen (secondary N) is 1. The Morgan fingerprint density at radius 2 is 1.46 bits per heavy atom. The number of allylic oxidation sites excluding steroid dienone is 5. The van der Waals surface area contributed by atoms with Crippen LogP contribution >= 0.6 is 0 Å². The summed E-state index contributed by atoms with van der Waals surface area (Å²) in [5, 5.41) is 14.6. The van der Waals surface area contributed by atoms with Gasteiger partial charge in [0.25, 0.3) is 11.5 Å². The lowest BCUT2D eigenvalue weighted by Crippen LogP contribution is -2.35. The minimum Gasteiger partial charge on any atom is -0.506 e. The van der Waals surface area contributed by atoms with E-state index in [0.717, 1.165) is 37.8 Å². The summed E-state index contributed by atoms with van der Waals surface area (Å²) in [4.78, 5) is 48.1. The number of hydrogen-bond acceptors (Lipinski definition) is 5. The Kier molecular flexibility index (Phi) is 12.2. The molecule has 0 bridgehead atoms. The number of hydrogen-bond donors (Lipinski definition) is 2. The zero-order chi connectivity index (χ0) is 36.2. The molecule has 0 spiro atoms. The normalized spacial score (nSPS) is 21.8. The number of H-pyrrole nitrogens is 1. The average molecular weight is 689 g/mol. The molecule has 1 aromatic rings. The number of aliphatic hydroxyl groups excluding tert-OH is 1. The number of aromatic nitrogens is 2. The lowest BCUT2D eigenvalue weighted by Gasteiger charge is -2.33. The molecule has 0 atom stereocenters. The summed E-state index contributed by atoms with van der Waals surface area (Å²) in [5.41, 5.74) is 1.75. The molecule has 2 N–H and O–H groups in total. The molecule has 0 aromatic carbocycles. The molecule has 1 aromatic heterocycles. The highest BCUT2D eigenvalue weighted by Crippen LogP contribution is 2.41. The number of Topliss-reactive ketones (excluding diaryl/α,β-unsaturated/α-hetero) is 1. The molecule has 8 heteroatoms. The molecule has 1 amide bonds. The van der Waals surface area contributed by atoms with Crippen molar-refractivity contribution in [3.63, 3.8) is 0 Å². The van der Waals surface area contributed by atoms with E-state index in [4.69, 9.17) is 4.99 Å². The van der Waals surface area contributed by atoms with Gasteiger partial charge in [0, 0.05) is 29.9 Å². The van der Waals surface area contributed by atoms with Crippen LogP contribution in [-0.2, 0) is 15.1 Å². The molecule has 50 heavy (non-hydrogen) atoms. The minimum absolute atomic E-state index is 0.0507. The number of amides is 1. The Labute approximate surface area is 300 Å². The summed E-state index contributed by atoms with van der Waals surface area (Å²) >= 11 is 0. The second-order valence-electron chi connectivity index (χ2n) is 17.3. The van der Waals surface area contributed by atoms with Gasteiger partial charge in [-0.1, -0.05) is 97.8 Å². The lowest BCUT2D eigenvalue weighted by atomic mass is 9.77. The van der Waals surface area contributed by atoms with Crippen molar-refractivity contribution in [3.8, 4) is 0 Å². The molecule has 0 unspecified atom stereocenters. The number of carbonyl (C=O) groups is 2. The highest BCUT2D eigenvalue weighted by Gasteiger charge is 2.42. The monoisotopic (exact) mass is 688 g/mol. The number of rotatable bonds is 14. The van der Waals surface area contributed by atoms with Crippen LogP contribution in [-0.4, -0.2) is 50.3 Å². The minimum atomic E-state index is -0.651. The van der Waals surface area contributed by atoms with Crippen LogP contribution in [0.5, 0.6) is 0 Å². The zero-order valence-corrected chi connectivity index (χ0v) is 32.2. The summed E-state index contributed by atoms with van der Waals surface area (Å²) in [6.07, 6.45) is 22.3. The van der Waals surface area contributed by atoms with Crippen molar-refractivity contribution >= 4 is 23.0 Å². The Morgan fingerprint density at radius 3 is 1.94 bits per heavy atom. The van der Waals surface area contributed by atoms with E-state index < -0.39 is 11.0 Å². The number of aromatic amines is 1. The standard InChI is InChI=1S/C42H64N4O4/c1-8-42(6,7)40(50)43-33-27-31(45(25-15-13-21-29-17-9-10-18-29)26-16-14-22-30-19-11-12-20-30)23-24-32(33)35-37(47)36(38(35)48)34-28(2)44-46(39(34)49)41(3,4)5/h27,29-30,44,47H,8-26H2,1-7H3. The third-order valence-electron chi connectivity index (χ3n) is 12.1. The Bertz CT molecular complexity index is 1570. The van der Waals surface area contributed by atoms with Crippen molar-refractivity contribution < 1.29 is 14.7 Å². The fraction of sp³-hybridized carbons (Fsp3) is 0.714. The molecule has 4 aliphatic carbocycles. The predicted octanol–water partition coefficient (Wildman–Crippen LogP) is 9.49. The maximum absolute atomic E-state index is 13.9. The van der Waals surface area contributed by atoms with Gasteiger partial charge in [0.15, 0.2) is 0 Å². The van der Waals surface area contributed by atoms with Crippen molar-refractivity contribution in [3.05, 3.63) is 50.3 Å². The first-order valence-corrected chi connectivity index (χ1v) is 19.9. The van der Waals surface area contributed by atoms with Crippen LogP contribution in [0.25, 0.3) is 5.57 Å². The van der Waals surface area contributed by atoms with Gasteiger partial charge in [-0.2, -0.15) is 0 Å². The van der Waals surface area contributed by atoms with Crippen LogP contribution in [0.4, 0.5) is 0 Å². The topological polar surface area (TPSA) is 108 Å². The number of ketones is 1. The summed E-state index contributed by atoms with van der Waals surface area (Å²) in [5.74, 6) is 1.02. The van der Waals surface area contributed by atoms with Crippen LogP contribution < -0.4 is 5.56 Å². The van der Waals surface area contributed by atoms with Gasteiger partial charge in [0.05, 0.1) is 28.0 Å². The van der Waals surface area contributed by atoms with Gasteiger partial charge in [-0.3, -0.25) is 19.5 Å². The van der Waals surface area contributed by atoms with Crippen molar-refractivity contribution in [2.24, 2.45) is 22.2 Å². The van der Waals surface area contributed by atoms with Crippen molar-refractivity contribution in [1.29, 1.82) is 0 Å². The first-order chi connectivity index (χ1) is 23.7. The third kappa shape index (κ3) is 8.48. The van der Waals surface area contributed by atoms with E-state index in [-0.39, 0.29) is 39.7 Å². The number of carbonyl (C=O) groups excluding carboxylic acids is 2. The molecule has 2 fully saturated rings. The predicted molar refractivity (Wildman–Crippen MR) is 203 cm³/mol. The first kappa shape index (κ1) is 38.1. The van der Waals surface area contributed by atoms with Gasteiger partial charge < -0.3 is 10.0 Å². The largest absolute Gasteiger partial charge is 0.506 e. The number of unbranched alkanes of at least 4 members (excludes halogenated alkanes) is 2. The number of aryl methyl sites for hydroxylation is 1. The van der Waals surface area contributed by atoms with Gasteiger partial charge in [0.2, 0.25) is 5.78 Å². The lowest BCUT2D eigenvalue weighted by molar-refractivity contribution is -0.125. The molecule has 0 aliphatic heterocycles. The maximum atomic E-state index is 13.9. The van der Waals surface area contributed by atoms with E-state index in [1.54, 1.807) is 6.92 Å². The molecule has 0 saturated heterocycles. The highest BCUT2D eigenvalue weighted by molar-refractivity contribution is 6.41. The second-order valence-corrected chi connectivity index (χ2v) is 17.3. The van der Waals surface area contributed by atoms with E-state index in [1.165, 1.54) is 87.4 Å². The molecule has 276 valence electrons. The van der Waals surface area contributed by atoms with E-state index in [9.17, 15) is 19.5 Å². The summed E-state index contributed by atoms with van der Waals surface area (Å²) in [6, 6.07) is 0. The molecular weight excluding hydrogens is 624 g/mol. The van der Waals surface area contributed by atoms with Gasteiger partial charge in [-0.05, 0) is 83.3 Å². The smallest absolute Gasteiger partial charge is 0.275 e. The van der Waals surface area contributed by atoms with Gasteiger partial charge in [0.1, 0.15) is 5.76 Å². The number of aliphatic imine (C=N–C) groups is 1. The van der Waals surface area contributed by atoms with Crippen LogP contribution in [0.2, 0.25) is 0 Å². The van der Waals surface area contributed by atoms with E-state index in [0.29, 0.717) is 36.2 Å². The van der Waals surface area contributed by atoms with Gasteiger partial charge >= 0.3 is 0 Å². The van der Waals surface area contributed by atoms with Crippen LogP contribution in [0.15, 0.2) is 38.5 Å². The molecule has 4 aliphatic rings. The molecule has 0 radical (unpaired) electrons. The molecule has 2 saturated carbocycles. The van der Waals surface area contributed by atoms with Crippen molar-refractivity contribution in [2.45, 2.75) is 163 Å². The summed E-state index contributed by atoms with van der Waals surface area (Å²) < 4.78 is 1.50. The fourth-order valence-electron chi connectivity index (χ4n) is 8.41. The van der Waals surface area contributed by atoms with Gasteiger partial charge in [-0.15, -0.1) is 0 Å². The first-order valence-electron chi connectivity index (χ1n) is 19.9. The molecule has 8 nitrogen and oxygen atoms in total. The Morgan fingerprint density at radius 1 is 0.900 bits per heavy atom. The zero-order valence-electron chi connectivity index (χ0n) is 32.2. The van der Waals surface area contributed by atoms with E-state index >= 15 is 0 Å². The van der Waals surface area contributed by atoms with E-state index in [1.807, 2.05) is 47.6 Å². The third-order valence-corrected chi connectivity index (χ3v) is 12.1. The maximum Gasteiger partial charge on any atom is 0.275 e. The van der Waals surface area contributed by atoms with Gasteiger partial charge in [-0.25, -0.2) is 9.67 Å². The quantitative estimate of drug-likeness (QED) is 0.150. The van der Waals surface area contributed by atoms with Crippen molar-refractivity contribution in [2.75, 3.05) is 13.1 Å². The number of aliphatic hydroxyl groups is 1. The van der Waals surface area contributed by atoms with Crippen LogP contribution in [0, 0.1) is 24.2 Å². The average Bonchev–Trinajstić information content (AvgIpc) is 3.85. The van der Waals surface area contributed by atoms with E-state index in [2.05, 4.69) is 10.00 Å². The van der Waals surface area contributed by atoms with Crippen molar-refractivity contribution in [1.82, 2.24) is 14.7 Å². The number of nitrogens with zero attached hydrogens (tertiary/aromatic N) is 3.